The lowest BCUT2D eigenvalue weighted by molar-refractivity contribution is -0.363. The van der Waals surface area contributed by atoms with E-state index >= 15 is 0 Å². The molecule has 1 rings (SSSR count). The zero-order valence-electron chi connectivity index (χ0n) is 9.95. The lowest BCUT2D eigenvalue weighted by atomic mass is 9.81. The van der Waals surface area contributed by atoms with Crippen molar-refractivity contribution in [3.05, 3.63) is 0 Å². The maximum Gasteiger partial charge on any atom is 0.148 e. The van der Waals surface area contributed by atoms with Crippen LogP contribution in [-0.4, -0.2) is 93.7 Å². The van der Waals surface area contributed by atoms with E-state index in [1.165, 1.54) is 0 Å². The Labute approximate surface area is 104 Å². The van der Waals surface area contributed by atoms with Gasteiger partial charge < -0.3 is 40.1 Å². The SMILES string of the molecule is OCC1(CO)COC(CO)(CO)C(CO)(CO)O1. The van der Waals surface area contributed by atoms with Crippen molar-refractivity contribution >= 4 is 0 Å². The maximum absolute atomic E-state index is 9.41. The van der Waals surface area contributed by atoms with Crippen molar-refractivity contribution < 1.29 is 40.1 Å². The van der Waals surface area contributed by atoms with Crippen LogP contribution in [0.2, 0.25) is 0 Å². The third kappa shape index (κ3) is 2.15. The lowest BCUT2D eigenvalue weighted by Gasteiger charge is -2.55. The number of ether oxygens (including phenoxy) is 2. The highest BCUT2D eigenvalue weighted by Crippen LogP contribution is 2.38. The van der Waals surface area contributed by atoms with E-state index in [0.717, 1.165) is 0 Å². The van der Waals surface area contributed by atoms with Crippen molar-refractivity contribution in [2.24, 2.45) is 0 Å². The predicted octanol–water partition coefficient (Wildman–Crippen LogP) is -3.80. The molecule has 0 aromatic heterocycles. The zero-order valence-corrected chi connectivity index (χ0v) is 9.95. The molecule has 0 atom stereocenters. The standard InChI is InChI=1S/C10H20O8/c11-1-8(2-12)7-17-9(3-13,4-14)10(5-15,6-16)18-8/h11-16H,1-7H2. The molecule has 8 heteroatoms. The molecule has 8 nitrogen and oxygen atoms in total. The van der Waals surface area contributed by atoms with E-state index in [1.54, 1.807) is 0 Å². The molecule has 0 bridgehead atoms. The van der Waals surface area contributed by atoms with Crippen LogP contribution < -0.4 is 0 Å². The van der Waals surface area contributed by atoms with Gasteiger partial charge in [0.2, 0.25) is 0 Å². The maximum atomic E-state index is 9.41. The van der Waals surface area contributed by atoms with Crippen molar-refractivity contribution in [1.82, 2.24) is 0 Å². The average Bonchev–Trinajstić information content (AvgIpc) is 2.46. The lowest BCUT2D eigenvalue weighted by Crippen LogP contribution is -2.74. The minimum absolute atomic E-state index is 0.289. The molecule has 1 saturated heterocycles. The average molecular weight is 268 g/mol. The monoisotopic (exact) mass is 268 g/mol. The first-order chi connectivity index (χ1) is 8.53. The van der Waals surface area contributed by atoms with Crippen LogP contribution in [0.15, 0.2) is 0 Å². The summed E-state index contributed by atoms with van der Waals surface area (Å²) < 4.78 is 10.7. The predicted molar refractivity (Wildman–Crippen MR) is 57.7 cm³/mol. The fraction of sp³-hybridized carbons (Fsp3) is 1.00. The first kappa shape index (κ1) is 15.7. The molecule has 0 aromatic carbocycles. The topological polar surface area (TPSA) is 140 Å². The minimum Gasteiger partial charge on any atom is -0.393 e. The van der Waals surface area contributed by atoms with Gasteiger partial charge in [0.15, 0.2) is 0 Å². The summed E-state index contributed by atoms with van der Waals surface area (Å²) in [4.78, 5) is 0. The molecule has 0 aromatic rings. The van der Waals surface area contributed by atoms with E-state index < -0.39 is 56.4 Å². The normalized spacial score (nSPS) is 25.0. The summed E-state index contributed by atoms with van der Waals surface area (Å²) in [5.41, 5.74) is -5.02. The summed E-state index contributed by atoms with van der Waals surface area (Å²) in [6.45, 7) is -4.40. The van der Waals surface area contributed by atoms with Gasteiger partial charge >= 0.3 is 0 Å². The van der Waals surface area contributed by atoms with Crippen LogP contribution in [0.1, 0.15) is 0 Å². The Morgan fingerprint density at radius 2 is 1.11 bits per heavy atom. The molecule has 1 fully saturated rings. The van der Waals surface area contributed by atoms with Gasteiger partial charge in [-0.3, -0.25) is 0 Å². The second-order valence-corrected chi connectivity index (χ2v) is 4.51. The smallest absolute Gasteiger partial charge is 0.148 e. The summed E-state index contributed by atoms with van der Waals surface area (Å²) in [6.07, 6.45) is 0. The Balaban J connectivity index is 3.14. The van der Waals surface area contributed by atoms with E-state index in [0.29, 0.717) is 0 Å². The fourth-order valence-corrected chi connectivity index (χ4v) is 1.98. The second kappa shape index (κ2) is 5.76. The number of hydrogen-bond donors (Lipinski definition) is 6. The van der Waals surface area contributed by atoms with E-state index in [2.05, 4.69) is 0 Å². The molecular weight excluding hydrogens is 248 g/mol. The number of rotatable bonds is 6. The summed E-state index contributed by atoms with van der Waals surface area (Å²) in [5, 5.41) is 56.0. The summed E-state index contributed by atoms with van der Waals surface area (Å²) in [5.74, 6) is 0. The molecule has 6 N–H and O–H groups in total. The first-order valence-electron chi connectivity index (χ1n) is 5.52. The van der Waals surface area contributed by atoms with Gasteiger partial charge in [-0.1, -0.05) is 0 Å². The molecular formula is C10H20O8. The quantitative estimate of drug-likeness (QED) is 0.288. The van der Waals surface area contributed by atoms with Gasteiger partial charge in [0.25, 0.3) is 0 Å². The van der Waals surface area contributed by atoms with E-state index in [-0.39, 0.29) is 6.61 Å². The summed E-state index contributed by atoms with van der Waals surface area (Å²) in [6, 6.07) is 0. The number of aliphatic hydroxyl groups is 6. The molecule has 1 aliphatic heterocycles. The molecule has 0 aliphatic carbocycles. The highest BCUT2D eigenvalue weighted by atomic mass is 16.6. The van der Waals surface area contributed by atoms with Gasteiger partial charge in [-0.25, -0.2) is 0 Å². The van der Waals surface area contributed by atoms with Crippen LogP contribution >= 0.6 is 0 Å². The fourth-order valence-electron chi connectivity index (χ4n) is 1.98. The molecule has 0 radical (unpaired) electrons. The van der Waals surface area contributed by atoms with Gasteiger partial charge in [-0.2, -0.15) is 0 Å². The first-order valence-corrected chi connectivity index (χ1v) is 5.52. The Hall–Kier alpha value is -0.320. The minimum atomic E-state index is -1.82. The van der Waals surface area contributed by atoms with Crippen LogP contribution in [0.25, 0.3) is 0 Å². The third-order valence-corrected chi connectivity index (χ3v) is 3.45. The van der Waals surface area contributed by atoms with Crippen LogP contribution in [0.5, 0.6) is 0 Å². The molecule has 18 heavy (non-hydrogen) atoms. The van der Waals surface area contributed by atoms with Crippen molar-refractivity contribution in [2.75, 3.05) is 46.2 Å². The highest BCUT2D eigenvalue weighted by molar-refractivity contribution is 5.08. The van der Waals surface area contributed by atoms with Gasteiger partial charge in [0, 0.05) is 0 Å². The molecule has 0 amide bonds. The third-order valence-electron chi connectivity index (χ3n) is 3.45. The van der Waals surface area contributed by atoms with E-state index in [9.17, 15) is 30.6 Å². The molecule has 1 heterocycles. The molecule has 1 aliphatic rings. The largest absolute Gasteiger partial charge is 0.393 e. The Kier molecular flexibility index (Phi) is 5.04. The van der Waals surface area contributed by atoms with Crippen molar-refractivity contribution in [1.29, 1.82) is 0 Å². The highest BCUT2D eigenvalue weighted by Gasteiger charge is 2.60. The van der Waals surface area contributed by atoms with Gasteiger partial charge in [-0.15, -0.1) is 0 Å². The number of hydrogen-bond acceptors (Lipinski definition) is 8. The summed E-state index contributed by atoms with van der Waals surface area (Å²) >= 11 is 0. The summed E-state index contributed by atoms with van der Waals surface area (Å²) in [7, 11) is 0. The Morgan fingerprint density at radius 1 is 0.667 bits per heavy atom. The van der Waals surface area contributed by atoms with Gasteiger partial charge in [0.05, 0.1) is 46.2 Å². The van der Waals surface area contributed by atoms with Crippen molar-refractivity contribution in [2.45, 2.75) is 16.8 Å². The van der Waals surface area contributed by atoms with E-state index in [4.69, 9.17) is 9.47 Å². The second-order valence-electron chi connectivity index (χ2n) is 4.51. The van der Waals surface area contributed by atoms with Crippen LogP contribution in [0.4, 0.5) is 0 Å². The van der Waals surface area contributed by atoms with Crippen molar-refractivity contribution in [3.63, 3.8) is 0 Å². The Morgan fingerprint density at radius 3 is 1.44 bits per heavy atom. The molecule has 0 unspecified atom stereocenters. The van der Waals surface area contributed by atoms with Crippen LogP contribution in [0, 0.1) is 0 Å². The van der Waals surface area contributed by atoms with E-state index in [1.807, 2.05) is 0 Å². The van der Waals surface area contributed by atoms with Crippen molar-refractivity contribution in [3.8, 4) is 0 Å². The Bertz CT molecular complexity index is 257. The van der Waals surface area contributed by atoms with Crippen LogP contribution in [0.3, 0.4) is 0 Å². The molecule has 108 valence electrons. The van der Waals surface area contributed by atoms with Gasteiger partial charge in [-0.05, 0) is 0 Å². The molecule has 0 saturated carbocycles. The van der Waals surface area contributed by atoms with Gasteiger partial charge in [0.1, 0.15) is 16.8 Å². The molecule has 0 spiro atoms. The number of aliphatic hydroxyl groups excluding tert-OH is 6. The zero-order chi connectivity index (χ0) is 13.9. The van der Waals surface area contributed by atoms with Crippen LogP contribution in [-0.2, 0) is 9.47 Å².